The minimum atomic E-state index is -0.596. The van der Waals surface area contributed by atoms with Crippen LogP contribution in [0.15, 0.2) is 30.3 Å². The third kappa shape index (κ3) is 3.60. The van der Waals surface area contributed by atoms with Crippen molar-refractivity contribution in [2.75, 3.05) is 0 Å². The lowest BCUT2D eigenvalue weighted by Gasteiger charge is -2.16. The Morgan fingerprint density at radius 2 is 1.82 bits per heavy atom. The molecule has 1 N–H and O–H groups in total. The maximum atomic E-state index is 11.9. The van der Waals surface area contributed by atoms with Crippen LogP contribution in [0.1, 0.15) is 32.4 Å². The van der Waals surface area contributed by atoms with Crippen molar-refractivity contribution in [2.45, 2.75) is 32.9 Å². The highest BCUT2D eigenvalue weighted by Crippen LogP contribution is 2.13. The number of carbonyl (C=O) groups excluding carboxylic acids is 1. The fourth-order valence-electron chi connectivity index (χ4n) is 1.63. The molecule has 1 aromatic carbocycles. The Morgan fingerprint density at radius 3 is 2.29 bits per heavy atom. The molecule has 0 aliphatic rings. The molecule has 0 saturated heterocycles. The lowest BCUT2D eigenvalue weighted by Crippen LogP contribution is -2.37. The summed E-state index contributed by atoms with van der Waals surface area (Å²) in [5.41, 5.74) is 1.05. The van der Waals surface area contributed by atoms with Crippen LogP contribution in [0.3, 0.4) is 0 Å². The molecular weight excluding hydrogens is 212 g/mol. The van der Waals surface area contributed by atoms with E-state index in [9.17, 15) is 4.79 Å². The summed E-state index contributed by atoms with van der Waals surface area (Å²) in [7, 11) is 0. The van der Waals surface area contributed by atoms with Gasteiger partial charge in [-0.25, -0.2) is 6.57 Å². The first kappa shape index (κ1) is 13.2. The predicted octanol–water partition coefficient (Wildman–Crippen LogP) is 2.81. The molecule has 0 spiro atoms. The Morgan fingerprint density at radius 1 is 1.24 bits per heavy atom. The molecule has 0 saturated carbocycles. The molecule has 0 aromatic heterocycles. The van der Waals surface area contributed by atoms with Crippen LogP contribution >= 0.6 is 0 Å². The summed E-state index contributed by atoms with van der Waals surface area (Å²) in [5, 5.41) is 2.88. The highest BCUT2D eigenvalue weighted by Gasteiger charge is 2.28. The molecule has 17 heavy (non-hydrogen) atoms. The normalized spacial score (nSPS) is 13.8. The zero-order chi connectivity index (χ0) is 12.8. The van der Waals surface area contributed by atoms with Crippen molar-refractivity contribution in [3.63, 3.8) is 0 Å². The monoisotopic (exact) mass is 230 g/mol. The number of benzene rings is 1. The molecule has 0 bridgehead atoms. The van der Waals surface area contributed by atoms with Crippen molar-refractivity contribution in [3.05, 3.63) is 47.3 Å². The second kappa shape index (κ2) is 6.05. The highest BCUT2D eigenvalue weighted by molar-refractivity contribution is 5.84. The van der Waals surface area contributed by atoms with Gasteiger partial charge in [0.15, 0.2) is 0 Å². The van der Waals surface area contributed by atoms with Gasteiger partial charge in [-0.1, -0.05) is 44.2 Å². The van der Waals surface area contributed by atoms with E-state index in [4.69, 9.17) is 6.57 Å². The van der Waals surface area contributed by atoms with Gasteiger partial charge in [0.1, 0.15) is 0 Å². The lowest BCUT2D eigenvalue weighted by molar-refractivity contribution is -0.122. The minimum absolute atomic E-state index is 0.0375. The molecule has 3 nitrogen and oxygen atoms in total. The molecule has 0 radical (unpaired) electrons. The van der Waals surface area contributed by atoms with E-state index in [1.54, 1.807) is 0 Å². The molecule has 2 atom stereocenters. The zero-order valence-corrected chi connectivity index (χ0v) is 10.5. The topological polar surface area (TPSA) is 33.5 Å². The van der Waals surface area contributed by atoms with Gasteiger partial charge in [0.2, 0.25) is 0 Å². The first-order valence-electron chi connectivity index (χ1n) is 5.78. The van der Waals surface area contributed by atoms with E-state index in [1.165, 1.54) is 0 Å². The molecule has 1 unspecified atom stereocenters. The number of hydrogen-bond donors (Lipinski definition) is 1. The first-order valence-corrected chi connectivity index (χ1v) is 5.78. The van der Waals surface area contributed by atoms with Crippen molar-refractivity contribution in [2.24, 2.45) is 5.92 Å². The fraction of sp³-hybridized carbons (Fsp3) is 0.429. The SMILES string of the molecule is [C-]#[N+]C(C(=O)N[C@@H](C)c1ccccc1)C(C)C. The van der Waals surface area contributed by atoms with Gasteiger partial charge in [-0.05, 0) is 12.5 Å². The molecule has 1 aromatic rings. The third-order valence-corrected chi connectivity index (χ3v) is 2.70. The van der Waals surface area contributed by atoms with Gasteiger partial charge in [0, 0.05) is 5.92 Å². The van der Waals surface area contributed by atoms with E-state index < -0.39 is 6.04 Å². The number of hydrogen-bond acceptors (Lipinski definition) is 1. The molecule has 90 valence electrons. The van der Waals surface area contributed by atoms with E-state index >= 15 is 0 Å². The van der Waals surface area contributed by atoms with Crippen molar-refractivity contribution >= 4 is 5.91 Å². The van der Waals surface area contributed by atoms with Crippen LogP contribution in [-0.4, -0.2) is 11.9 Å². The Hall–Kier alpha value is -1.82. The van der Waals surface area contributed by atoms with Crippen LogP contribution in [0, 0.1) is 12.5 Å². The summed E-state index contributed by atoms with van der Waals surface area (Å²) in [6.45, 7) is 12.7. The zero-order valence-electron chi connectivity index (χ0n) is 10.5. The predicted molar refractivity (Wildman–Crippen MR) is 68.2 cm³/mol. The summed E-state index contributed by atoms with van der Waals surface area (Å²) in [6, 6.07) is 9.08. The molecule has 1 rings (SSSR count). The van der Waals surface area contributed by atoms with E-state index in [2.05, 4.69) is 10.2 Å². The number of nitrogens with zero attached hydrogens (tertiary/aromatic N) is 1. The Balaban J connectivity index is 2.67. The maximum Gasteiger partial charge on any atom is 0.304 e. The van der Waals surface area contributed by atoms with Crippen LogP contribution in [-0.2, 0) is 4.79 Å². The van der Waals surface area contributed by atoms with Gasteiger partial charge < -0.3 is 10.2 Å². The Kier molecular flexibility index (Phi) is 4.71. The van der Waals surface area contributed by atoms with Gasteiger partial charge in [0.25, 0.3) is 0 Å². The molecule has 0 fully saturated rings. The lowest BCUT2D eigenvalue weighted by atomic mass is 10.0. The molecule has 3 heteroatoms. The molecule has 1 amide bonds. The maximum absolute atomic E-state index is 11.9. The first-order chi connectivity index (χ1) is 8.06. The van der Waals surface area contributed by atoms with Crippen LogP contribution in [0.25, 0.3) is 4.85 Å². The fourth-order valence-corrected chi connectivity index (χ4v) is 1.63. The molecule has 0 heterocycles. The third-order valence-electron chi connectivity index (χ3n) is 2.70. The largest absolute Gasteiger partial charge is 0.343 e. The standard InChI is InChI=1S/C14H18N2O/c1-10(2)13(15-4)14(17)16-11(3)12-8-6-5-7-9-12/h5-11,13H,1-3H3,(H,16,17)/t11-,13?/m0/s1. The van der Waals surface area contributed by atoms with E-state index in [1.807, 2.05) is 51.1 Å². The number of rotatable bonds is 4. The number of carbonyl (C=O) groups is 1. The number of nitrogens with one attached hydrogen (secondary N) is 1. The van der Waals surface area contributed by atoms with Crippen molar-refractivity contribution in [1.82, 2.24) is 5.32 Å². The summed E-state index contributed by atoms with van der Waals surface area (Å²) >= 11 is 0. The van der Waals surface area contributed by atoms with Crippen molar-refractivity contribution < 1.29 is 4.79 Å². The van der Waals surface area contributed by atoms with Crippen LogP contribution < -0.4 is 5.32 Å². The smallest absolute Gasteiger partial charge is 0.304 e. The average molecular weight is 230 g/mol. The summed E-state index contributed by atoms with van der Waals surface area (Å²) in [6.07, 6.45) is 0. The van der Waals surface area contributed by atoms with Gasteiger partial charge in [-0.2, -0.15) is 0 Å². The minimum Gasteiger partial charge on any atom is -0.343 e. The molecule has 0 aliphatic carbocycles. The summed E-state index contributed by atoms with van der Waals surface area (Å²) in [5.74, 6) is -0.151. The van der Waals surface area contributed by atoms with Gasteiger partial charge in [-0.15, -0.1) is 0 Å². The quantitative estimate of drug-likeness (QED) is 0.793. The van der Waals surface area contributed by atoms with Gasteiger partial charge in [0.05, 0.1) is 6.04 Å². The average Bonchev–Trinajstić information content (AvgIpc) is 2.30. The second-order valence-electron chi connectivity index (χ2n) is 4.46. The van der Waals surface area contributed by atoms with Gasteiger partial charge in [-0.3, -0.25) is 4.79 Å². The van der Waals surface area contributed by atoms with Crippen LogP contribution in [0.5, 0.6) is 0 Å². The van der Waals surface area contributed by atoms with E-state index in [-0.39, 0.29) is 17.9 Å². The summed E-state index contributed by atoms with van der Waals surface area (Å²) in [4.78, 5) is 15.2. The highest BCUT2D eigenvalue weighted by atomic mass is 16.2. The number of amides is 1. The molecular formula is C14H18N2O. The van der Waals surface area contributed by atoms with Crippen LogP contribution in [0.4, 0.5) is 0 Å². The molecule has 0 aliphatic heterocycles. The van der Waals surface area contributed by atoms with Gasteiger partial charge >= 0.3 is 11.9 Å². The Bertz CT molecular complexity index is 406. The van der Waals surface area contributed by atoms with E-state index in [0.717, 1.165) is 5.56 Å². The summed E-state index contributed by atoms with van der Waals surface area (Å²) < 4.78 is 0. The van der Waals surface area contributed by atoms with E-state index in [0.29, 0.717) is 0 Å². The Labute approximate surface area is 103 Å². The van der Waals surface area contributed by atoms with Crippen molar-refractivity contribution in [3.8, 4) is 0 Å². The van der Waals surface area contributed by atoms with Crippen LogP contribution in [0.2, 0.25) is 0 Å². The second-order valence-corrected chi connectivity index (χ2v) is 4.46. The van der Waals surface area contributed by atoms with Crippen molar-refractivity contribution in [1.29, 1.82) is 0 Å².